The minimum absolute atomic E-state index is 0.305. The van der Waals surface area contributed by atoms with Crippen molar-refractivity contribution < 1.29 is 0 Å². The Bertz CT molecular complexity index is 1190. The van der Waals surface area contributed by atoms with E-state index in [4.69, 9.17) is 46.4 Å². The van der Waals surface area contributed by atoms with Crippen LogP contribution in [0.2, 0.25) is 20.1 Å². The smallest absolute Gasteiger partial charge is 0.160 e. The molecule has 0 spiro atoms. The fourth-order valence-corrected chi connectivity index (χ4v) is 4.53. The molecule has 2 heterocycles. The molecule has 0 aliphatic heterocycles. The molecule has 0 amide bonds. The summed E-state index contributed by atoms with van der Waals surface area (Å²) in [7, 11) is 0. The zero-order valence-electron chi connectivity index (χ0n) is 15.1. The number of rotatable bonds is 5. The first-order valence-electron chi connectivity index (χ1n) is 8.64. The van der Waals surface area contributed by atoms with Crippen molar-refractivity contribution in [2.45, 2.75) is 0 Å². The lowest BCUT2D eigenvalue weighted by molar-refractivity contribution is 1.22. The van der Waals surface area contributed by atoms with Gasteiger partial charge in [-0.3, -0.25) is 4.98 Å². The topological polar surface area (TPSA) is 49.6 Å². The number of benzene rings is 2. The average molecular weight is 494 g/mol. The predicted octanol–water partition coefficient (Wildman–Crippen LogP) is 9.58. The number of anilines is 2. The quantitative estimate of drug-likeness (QED) is 0.281. The molecular formula is C21H12Cl4N4S. The van der Waals surface area contributed by atoms with Gasteiger partial charge in [0.1, 0.15) is 10.7 Å². The van der Waals surface area contributed by atoms with Gasteiger partial charge in [0.25, 0.3) is 0 Å². The van der Waals surface area contributed by atoms with Crippen molar-refractivity contribution in [3.8, 4) is 10.4 Å². The monoisotopic (exact) mass is 492 g/mol. The number of hydrogen-bond acceptors (Lipinski definition) is 5. The van der Waals surface area contributed by atoms with Crippen molar-refractivity contribution in [1.29, 1.82) is 0 Å². The standard InChI is InChI=1S/C21H12Cl4N4S/c22-13-8-6-12(7-9-13)20-19(27-14-4-2-1-3-5-14)17(25)21(30-20)29-28-18-15(23)10-26-11-16(18)24/h1-11,27H. The van der Waals surface area contributed by atoms with Gasteiger partial charge in [-0.2, -0.15) is 0 Å². The molecule has 0 bridgehead atoms. The van der Waals surface area contributed by atoms with E-state index in [1.165, 1.54) is 23.7 Å². The number of azo groups is 1. The number of nitrogens with one attached hydrogen (secondary N) is 1. The van der Waals surface area contributed by atoms with Crippen LogP contribution in [0.3, 0.4) is 0 Å². The van der Waals surface area contributed by atoms with Crippen LogP contribution >= 0.6 is 57.7 Å². The van der Waals surface area contributed by atoms with Crippen LogP contribution in [0.1, 0.15) is 0 Å². The Balaban J connectivity index is 1.79. The summed E-state index contributed by atoms with van der Waals surface area (Å²) in [4.78, 5) is 4.82. The molecule has 30 heavy (non-hydrogen) atoms. The summed E-state index contributed by atoms with van der Waals surface area (Å²) in [5.74, 6) is 0. The van der Waals surface area contributed by atoms with Gasteiger partial charge in [0.15, 0.2) is 5.00 Å². The SMILES string of the molecule is Clc1ccc(-c2sc(N=Nc3c(Cl)cncc3Cl)c(Cl)c2Nc2ccccc2)cc1. The van der Waals surface area contributed by atoms with Crippen molar-refractivity contribution >= 4 is 79.8 Å². The summed E-state index contributed by atoms with van der Waals surface area (Å²) in [5.41, 5.74) is 2.92. The third-order valence-corrected chi connectivity index (χ3v) is 6.46. The Morgan fingerprint density at radius 1 is 0.800 bits per heavy atom. The Morgan fingerprint density at radius 3 is 2.13 bits per heavy atom. The Hall–Kier alpha value is -2.15. The third kappa shape index (κ3) is 4.61. The minimum Gasteiger partial charge on any atom is -0.353 e. The Morgan fingerprint density at radius 2 is 1.47 bits per heavy atom. The van der Waals surface area contributed by atoms with E-state index in [0.29, 0.717) is 30.8 Å². The number of nitrogens with zero attached hydrogens (tertiary/aromatic N) is 3. The van der Waals surface area contributed by atoms with Crippen LogP contribution in [0.4, 0.5) is 22.1 Å². The van der Waals surface area contributed by atoms with Crippen LogP contribution in [-0.4, -0.2) is 4.98 Å². The summed E-state index contributed by atoms with van der Waals surface area (Å²) in [6, 6.07) is 17.3. The maximum atomic E-state index is 6.70. The first-order chi connectivity index (χ1) is 14.5. The zero-order valence-corrected chi connectivity index (χ0v) is 19.0. The molecule has 0 aliphatic carbocycles. The molecule has 150 valence electrons. The van der Waals surface area contributed by atoms with Gasteiger partial charge in [-0.05, 0) is 29.8 Å². The summed E-state index contributed by atoms with van der Waals surface area (Å²) in [5, 5.41) is 14.1. The van der Waals surface area contributed by atoms with E-state index in [-0.39, 0.29) is 0 Å². The largest absolute Gasteiger partial charge is 0.353 e. The van der Waals surface area contributed by atoms with Crippen LogP contribution < -0.4 is 5.32 Å². The fourth-order valence-electron chi connectivity index (χ4n) is 2.64. The van der Waals surface area contributed by atoms with Crippen molar-refractivity contribution in [3.05, 3.63) is 87.1 Å². The molecule has 4 nitrogen and oxygen atoms in total. The second kappa shape index (κ2) is 9.33. The van der Waals surface area contributed by atoms with Gasteiger partial charge < -0.3 is 5.32 Å². The summed E-state index contributed by atoms with van der Waals surface area (Å²) >= 11 is 26.4. The second-order valence-electron chi connectivity index (χ2n) is 6.07. The lowest BCUT2D eigenvalue weighted by Crippen LogP contribution is -1.90. The van der Waals surface area contributed by atoms with Crippen molar-refractivity contribution in [3.63, 3.8) is 0 Å². The molecule has 9 heteroatoms. The summed E-state index contributed by atoms with van der Waals surface area (Å²) in [6.07, 6.45) is 2.92. The van der Waals surface area contributed by atoms with E-state index in [9.17, 15) is 0 Å². The van der Waals surface area contributed by atoms with E-state index in [2.05, 4.69) is 20.5 Å². The molecule has 0 atom stereocenters. The van der Waals surface area contributed by atoms with Gasteiger partial charge in [0.2, 0.25) is 0 Å². The number of pyridine rings is 1. The number of hydrogen-bond donors (Lipinski definition) is 1. The average Bonchev–Trinajstić information content (AvgIpc) is 3.05. The van der Waals surface area contributed by atoms with Crippen LogP contribution in [0.5, 0.6) is 0 Å². The fraction of sp³-hybridized carbons (Fsp3) is 0. The maximum absolute atomic E-state index is 6.70. The summed E-state index contributed by atoms with van der Waals surface area (Å²) in [6.45, 7) is 0. The number of thiophene rings is 1. The zero-order chi connectivity index (χ0) is 21.1. The molecule has 2 aromatic carbocycles. The van der Waals surface area contributed by atoms with E-state index >= 15 is 0 Å². The van der Waals surface area contributed by atoms with Crippen LogP contribution in [0.25, 0.3) is 10.4 Å². The molecule has 0 radical (unpaired) electrons. The van der Waals surface area contributed by atoms with Gasteiger partial charge >= 0.3 is 0 Å². The van der Waals surface area contributed by atoms with E-state index in [1.807, 2.05) is 54.6 Å². The first-order valence-corrected chi connectivity index (χ1v) is 11.0. The van der Waals surface area contributed by atoms with Crippen LogP contribution in [-0.2, 0) is 0 Å². The maximum Gasteiger partial charge on any atom is 0.160 e. The molecule has 1 N–H and O–H groups in total. The highest BCUT2D eigenvalue weighted by molar-refractivity contribution is 7.20. The van der Waals surface area contributed by atoms with Crippen molar-refractivity contribution in [1.82, 2.24) is 4.98 Å². The predicted molar refractivity (Wildman–Crippen MR) is 128 cm³/mol. The molecule has 4 aromatic rings. The van der Waals surface area contributed by atoms with Gasteiger partial charge in [-0.1, -0.05) is 76.7 Å². The van der Waals surface area contributed by atoms with Crippen LogP contribution in [0, 0.1) is 0 Å². The number of para-hydroxylation sites is 1. The Labute approximate surface area is 197 Å². The van der Waals surface area contributed by atoms with Crippen molar-refractivity contribution in [2.24, 2.45) is 10.2 Å². The third-order valence-electron chi connectivity index (χ3n) is 4.05. The summed E-state index contributed by atoms with van der Waals surface area (Å²) < 4.78 is 0. The lowest BCUT2D eigenvalue weighted by atomic mass is 10.1. The molecule has 2 aromatic heterocycles. The van der Waals surface area contributed by atoms with Crippen molar-refractivity contribution in [2.75, 3.05) is 5.32 Å². The Kier molecular flexibility index (Phi) is 6.56. The minimum atomic E-state index is 0.305. The second-order valence-corrected chi connectivity index (χ2v) is 8.70. The van der Waals surface area contributed by atoms with Gasteiger partial charge in [0.05, 0.1) is 20.6 Å². The van der Waals surface area contributed by atoms with E-state index in [1.54, 1.807) is 0 Å². The molecule has 0 aliphatic rings. The molecule has 0 saturated heterocycles. The lowest BCUT2D eigenvalue weighted by Gasteiger charge is -2.08. The molecule has 4 rings (SSSR count). The van der Waals surface area contributed by atoms with Gasteiger partial charge in [0, 0.05) is 23.1 Å². The molecule has 0 saturated carbocycles. The van der Waals surface area contributed by atoms with Gasteiger partial charge in [-0.25, -0.2) is 0 Å². The highest BCUT2D eigenvalue weighted by Crippen LogP contribution is 2.50. The normalized spacial score (nSPS) is 11.2. The number of halogens is 4. The number of aromatic nitrogens is 1. The highest BCUT2D eigenvalue weighted by atomic mass is 35.5. The van der Waals surface area contributed by atoms with E-state index < -0.39 is 0 Å². The van der Waals surface area contributed by atoms with Gasteiger partial charge in [-0.15, -0.1) is 21.6 Å². The highest BCUT2D eigenvalue weighted by Gasteiger charge is 2.19. The first kappa shape index (κ1) is 21.1. The van der Waals surface area contributed by atoms with E-state index in [0.717, 1.165) is 21.8 Å². The van der Waals surface area contributed by atoms with Crippen LogP contribution in [0.15, 0.2) is 77.2 Å². The molecule has 0 fully saturated rings. The molecular weight excluding hydrogens is 482 g/mol. The molecule has 0 unspecified atom stereocenters.